The van der Waals surface area contributed by atoms with Gasteiger partial charge in [0.05, 0.1) is 31.9 Å². The Balaban J connectivity index is 1.84. The second-order valence-electron chi connectivity index (χ2n) is 5.77. The second-order valence-corrected chi connectivity index (χ2v) is 6.57. The molecule has 8 heteroatoms. The van der Waals surface area contributed by atoms with Crippen LogP contribution >= 0.6 is 23.8 Å². The topological polar surface area (TPSA) is 67.5 Å². The zero-order valence-electron chi connectivity index (χ0n) is 12.9. The molecule has 0 saturated carbocycles. The van der Waals surface area contributed by atoms with Gasteiger partial charge >= 0.3 is 0 Å². The maximum absolute atomic E-state index is 9.60. The van der Waals surface area contributed by atoms with E-state index in [4.69, 9.17) is 28.6 Å². The molecule has 6 nitrogen and oxygen atoms in total. The quantitative estimate of drug-likeness (QED) is 0.722. The van der Waals surface area contributed by atoms with Gasteiger partial charge in [-0.1, -0.05) is 11.6 Å². The van der Waals surface area contributed by atoms with Crippen LogP contribution in [0.2, 0.25) is 5.02 Å². The van der Waals surface area contributed by atoms with Crippen molar-refractivity contribution in [1.29, 1.82) is 0 Å². The van der Waals surface area contributed by atoms with E-state index < -0.39 is 0 Å². The van der Waals surface area contributed by atoms with Gasteiger partial charge in [0.15, 0.2) is 12.5 Å². The van der Waals surface area contributed by atoms with E-state index in [0.29, 0.717) is 28.0 Å². The standard InChI is InChI=1S/C15H19ClN4O2S/c1-22-13-3-2-10(16)8-12(13)14-17-15(23)20(18-14)9-19-6-4-11(21)5-7-19/h2-3,8,11,21H,4-7,9H2,1H3,(H,17,18,23)/p+1. The smallest absolute Gasteiger partial charge is 0.221 e. The molecule has 23 heavy (non-hydrogen) atoms. The van der Waals surface area contributed by atoms with E-state index in [9.17, 15) is 5.11 Å². The number of likely N-dealkylation sites (tertiary alicyclic amines) is 1. The monoisotopic (exact) mass is 355 g/mol. The van der Waals surface area contributed by atoms with Crippen molar-refractivity contribution < 1.29 is 14.7 Å². The van der Waals surface area contributed by atoms with Crippen LogP contribution in [0.4, 0.5) is 0 Å². The number of aromatic amines is 1. The fourth-order valence-electron chi connectivity index (χ4n) is 2.84. The van der Waals surface area contributed by atoms with Gasteiger partial charge in [-0.15, -0.1) is 0 Å². The first-order valence-electron chi connectivity index (χ1n) is 7.59. The summed E-state index contributed by atoms with van der Waals surface area (Å²) in [6.07, 6.45) is 1.48. The third kappa shape index (κ3) is 3.74. The minimum atomic E-state index is -0.167. The zero-order valence-corrected chi connectivity index (χ0v) is 14.5. The van der Waals surface area contributed by atoms with Crippen LogP contribution in [0.25, 0.3) is 11.4 Å². The average molecular weight is 356 g/mol. The lowest BCUT2D eigenvalue weighted by Gasteiger charge is -2.26. The van der Waals surface area contributed by atoms with E-state index in [1.165, 1.54) is 4.90 Å². The van der Waals surface area contributed by atoms with Crippen LogP contribution in [-0.2, 0) is 6.67 Å². The van der Waals surface area contributed by atoms with E-state index in [1.807, 2.05) is 16.8 Å². The lowest BCUT2D eigenvalue weighted by Crippen LogP contribution is -3.12. The minimum Gasteiger partial charge on any atom is -0.496 e. The first-order chi connectivity index (χ1) is 11.1. The summed E-state index contributed by atoms with van der Waals surface area (Å²) < 4.78 is 7.73. The molecule has 0 amide bonds. The van der Waals surface area contributed by atoms with Crippen LogP contribution in [0.5, 0.6) is 5.75 Å². The molecule has 2 aromatic rings. The summed E-state index contributed by atoms with van der Waals surface area (Å²) in [5.41, 5.74) is 0.786. The third-order valence-electron chi connectivity index (χ3n) is 4.14. The number of quaternary nitrogens is 1. The number of aromatic nitrogens is 3. The molecule has 1 aromatic heterocycles. The Kier molecular flexibility index (Phi) is 5.01. The number of methoxy groups -OCH3 is 1. The third-order valence-corrected chi connectivity index (χ3v) is 4.69. The Hall–Kier alpha value is -1.41. The molecule has 0 unspecified atom stereocenters. The first-order valence-corrected chi connectivity index (χ1v) is 8.38. The number of H-pyrrole nitrogens is 1. The van der Waals surface area contributed by atoms with Gasteiger partial charge < -0.3 is 14.7 Å². The number of halogens is 1. The Morgan fingerprint density at radius 3 is 2.91 bits per heavy atom. The normalized spacial score (nSPS) is 21.3. The van der Waals surface area contributed by atoms with E-state index in [-0.39, 0.29) is 6.10 Å². The number of ether oxygens (including phenoxy) is 1. The number of hydrogen-bond acceptors (Lipinski definition) is 4. The van der Waals surface area contributed by atoms with Crippen molar-refractivity contribution in [2.45, 2.75) is 25.6 Å². The molecule has 3 N–H and O–H groups in total. The van der Waals surface area contributed by atoms with Gasteiger partial charge in [0, 0.05) is 17.9 Å². The van der Waals surface area contributed by atoms with Crippen LogP contribution in [0.15, 0.2) is 18.2 Å². The van der Waals surface area contributed by atoms with E-state index in [0.717, 1.165) is 31.5 Å². The van der Waals surface area contributed by atoms with Crippen LogP contribution < -0.4 is 9.64 Å². The van der Waals surface area contributed by atoms with Crippen molar-refractivity contribution in [3.05, 3.63) is 28.0 Å². The van der Waals surface area contributed by atoms with Crippen LogP contribution in [-0.4, -0.2) is 46.2 Å². The van der Waals surface area contributed by atoms with Crippen LogP contribution in [0.1, 0.15) is 12.8 Å². The number of aliphatic hydroxyl groups is 1. The zero-order chi connectivity index (χ0) is 16.4. The molecule has 0 spiro atoms. The Morgan fingerprint density at radius 2 is 2.22 bits per heavy atom. The van der Waals surface area contributed by atoms with Gasteiger partial charge in [0.2, 0.25) is 4.77 Å². The summed E-state index contributed by atoms with van der Waals surface area (Å²) in [7, 11) is 1.61. The fraction of sp³-hybridized carbons (Fsp3) is 0.467. The van der Waals surface area contributed by atoms with Crippen molar-refractivity contribution >= 4 is 23.8 Å². The lowest BCUT2D eigenvalue weighted by atomic mass is 10.1. The average Bonchev–Trinajstić information content (AvgIpc) is 2.90. The predicted molar refractivity (Wildman–Crippen MR) is 90.3 cm³/mol. The molecule has 0 atom stereocenters. The highest BCUT2D eigenvalue weighted by atomic mass is 35.5. The van der Waals surface area contributed by atoms with Crippen molar-refractivity contribution in [2.75, 3.05) is 20.2 Å². The number of piperidine rings is 1. The molecule has 1 aliphatic heterocycles. The molecule has 1 aliphatic rings. The van der Waals surface area contributed by atoms with Crippen molar-refractivity contribution in [3.8, 4) is 17.1 Å². The Labute approximate surface area is 144 Å². The van der Waals surface area contributed by atoms with Gasteiger partial charge in [0.1, 0.15) is 5.75 Å². The minimum absolute atomic E-state index is 0.167. The van der Waals surface area contributed by atoms with Crippen molar-refractivity contribution in [3.63, 3.8) is 0 Å². The predicted octanol–water partition coefficient (Wildman–Crippen LogP) is 1.27. The maximum Gasteiger partial charge on any atom is 0.221 e. The van der Waals surface area contributed by atoms with Gasteiger partial charge in [-0.05, 0) is 30.4 Å². The van der Waals surface area contributed by atoms with Crippen LogP contribution in [0, 0.1) is 4.77 Å². The highest BCUT2D eigenvalue weighted by Gasteiger charge is 2.21. The number of benzene rings is 1. The number of hydrogen-bond donors (Lipinski definition) is 3. The molecular weight excluding hydrogens is 336 g/mol. The molecule has 1 fully saturated rings. The molecule has 124 valence electrons. The molecule has 0 radical (unpaired) electrons. The Morgan fingerprint density at radius 1 is 1.48 bits per heavy atom. The number of nitrogens with one attached hydrogen (secondary N) is 2. The fourth-order valence-corrected chi connectivity index (χ4v) is 3.22. The summed E-state index contributed by atoms with van der Waals surface area (Å²) in [6.45, 7) is 2.57. The molecule has 3 rings (SSSR count). The molecule has 0 bridgehead atoms. The lowest BCUT2D eigenvalue weighted by molar-refractivity contribution is -0.929. The number of nitrogens with zero attached hydrogens (tertiary/aromatic N) is 2. The molecule has 0 aliphatic carbocycles. The molecule has 1 saturated heterocycles. The SMILES string of the molecule is COc1ccc(Cl)cc1-c1nc(=S)n(C[NH+]2CCC(O)CC2)[nH]1. The number of aliphatic hydroxyl groups excluding tert-OH is 1. The van der Waals surface area contributed by atoms with E-state index >= 15 is 0 Å². The maximum atomic E-state index is 9.60. The van der Waals surface area contributed by atoms with Gasteiger partial charge in [-0.2, -0.15) is 4.98 Å². The molecule has 2 heterocycles. The highest BCUT2D eigenvalue weighted by Crippen LogP contribution is 2.30. The van der Waals surface area contributed by atoms with Gasteiger partial charge in [-0.3, -0.25) is 5.10 Å². The summed E-state index contributed by atoms with van der Waals surface area (Å²) in [5, 5.41) is 13.5. The largest absolute Gasteiger partial charge is 0.496 e. The van der Waals surface area contributed by atoms with Crippen molar-refractivity contribution in [2.24, 2.45) is 0 Å². The van der Waals surface area contributed by atoms with E-state index in [2.05, 4.69) is 10.1 Å². The van der Waals surface area contributed by atoms with E-state index in [1.54, 1.807) is 13.2 Å². The summed E-state index contributed by atoms with van der Waals surface area (Å²) in [6, 6.07) is 5.39. The van der Waals surface area contributed by atoms with Crippen LogP contribution in [0.3, 0.4) is 0 Å². The highest BCUT2D eigenvalue weighted by molar-refractivity contribution is 7.71. The second kappa shape index (κ2) is 7.00. The first kappa shape index (κ1) is 16.4. The summed E-state index contributed by atoms with van der Waals surface area (Å²) in [5.74, 6) is 1.34. The van der Waals surface area contributed by atoms with Gasteiger partial charge in [-0.25, -0.2) is 4.68 Å². The summed E-state index contributed by atoms with van der Waals surface area (Å²) in [4.78, 5) is 5.81. The van der Waals surface area contributed by atoms with Crippen molar-refractivity contribution in [1.82, 2.24) is 14.8 Å². The van der Waals surface area contributed by atoms with Gasteiger partial charge in [0.25, 0.3) is 0 Å². The summed E-state index contributed by atoms with van der Waals surface area (Å²) >= 11 is 11.4. The molecule has 1 aromatic carbocycles. The Bertz CT molecular complexity index is 737. The number of rotatable bonds is 4. The molecular formula is C15H20ClN4O2S+.